The molecule has 1 heterocycles. The normalized spacial score (nSPS) is 10.0. The molecule has 0 saturated carbocycles. The van der Waals surface area contributed by atoms with Gasteiger partial charge < -0.3 is 4.74 Å². The van der Waals surface area contributed by atoms with Crippen LogP contribution in [-0.2, 0) is 0 Å². The molecule has 0 aliphatic heterocycles. The predicted octanol–water partition coefficient (Wildman–Crippen LogP) is 3.79. The lowest BCUT2D eigenvalue weighted by atomic mass is 10.3. The van der Waals surface area contributed by atoms with Gasteiger partial charge in [-0.05, 0) is 40.2 Å². The van der Waals surface area contributed by atoms with Crippen LogP contribution in [0, 0.1) is 0 Å². The zero-order valence-corrected chi connectivity index (χ0v) is 10.7. The number of nitrogens with zero attached hydrogens (tertiary/aromatic N) is 2. The van der Waals surface area contributed by atoms with Gasteiger partial charge in [-0.2, -0.15) is 0 Å². The standard InChI is InChI=1S/C10H6Br2N2O/c11-7-2-3-9(8(12)6-7)15-10-13-4-1-5-14-10/h1-6H. The molecule has 0 saturated heterocycles. The molecule has 2 aromatic rings. The summed E-state index contributed by atoms with van der Waals surface area (Å²) >= 11 is 6.76. The number of halogens is 2. The van der Waals surface area contributed by atoms with Crippen LogP contribution in [0.5, 0.6) is 11.8 Å². The molecule has 0 aliphatic rings. The SMILES string of the molecule is Brc1ccc(Oc2ncccn2)c(Br)c1. The minimum atomic E-state index is 0.334. The molecular weight excluding hydrogens is 324 g/mol. The second-order valence-electron chi connectivity index (χ2n) is 2.71. The summed E-state index contributed by atoms with van der Waals surface area (Å²) in [4.78, 5) is 7.94. The topological polar surface area (TPSA) is 35.0 Å². The van der Waals surface area contributed by atoms with E-state index >= 15 is 0 Å². The third-order valence-corrected chi connectivity index (χ3v) is 2.75. The number of aromatic nitrogens is 2. The molecule has 76 valence electrons. The summed E-state index contributed by atoms with van der Waals surface area (Å²) in [5, 5.41) is 0. The van der Waals surface area contributed by atoms with Crippen molar-refractivity contribution in [2.45, 2.75) is 0 Å². The molecule has 1 aromatic heterocycles. The Hall–Kier alpha value is -0.940. The molecule has 0 radical (unpaired) electrons. The molecule has 0 aliphatic carbocycles. The Balaban J connectivity index is 2.25. The highest BCUT2D eigenvalue weighted by Gasteiger charge is 2.04. The van der Waals surface area contributed by atoms with Crippen molar-refractivity contribution in [1.29, 1.82) is 0 Å². The second-order valence-corrected chi connectivity index (χ2v) is 4.48. The number of benzene rings is 1. The average molecular weight is 330 g/mol. The first-order valence-electron chi connectivity index (χ1n) is 4.15. The maximum absolute atomic E-state index is 5.47. The van der Waals surface area contributed by atoms with E-state index in [2.05, 4.69) is 41.8 Å². The van der Waals surface area contributed by atoms with Gasteiger partial charge in [-0.25, -0.2) is 9.97 Å². The Bertz CT molecular complexity index is 462. The van der Waals surface area contributed by atoms with Gasteiger partial charge in [0.25, 0.3) is 0 Å². The zero-order valence-electron chi connectivity index (χ0n) is 7.52. The Morgan fingerprint density at radius 2 is 1.80 bits per heavy atom. The van der Waals surface area contributed by atoms with Gasteiger partial charge in [0, 0.05) is 16.9 Å². The van der Waals surface area contributed by atoms with Crippen molar-refractivity contribution < 1.29 is 4.74 Å². The first-order valence-corrected chi connectivity index (χ1v) is 5.74. The Labute approximate surface area is 104 Å². The predicted molar refractivity (Wildman–Crippen MR) is 63.9 cm³/mol. The summed E-state index contributed by atoms with van der Waals surface area (Å²) in [6.07, 6.45) is 3.27. The molecule has 0 atom stereocenters. The molecular formula is C10H6Br2N2O. The van der Waals surface area contributed by atoms with Crippen LogP contribution in [0.1, 0.15) is 0 Å². The minimum Gasteiger partial charge on any atom is -0.423 e. The van der Waals surface area contributed by atoms with Crippen molar-refractivity contribution >= 4 is 31.9 Å². The van der Waals surface area contributed by atoms with E-state index < -0.39 is 0 Å². The lowest BCUT2D eigenvalue weighted by molar-refractivity contribution is 0.439. The van der Waals surface area contributed by atoms with E-state index in [0.29, 0.717) is 11.8 Å². The first kappa shape index (κ1) is 10.6. The Morgan fingerprint density at radius 1 is 1.07 bits per heavy atom. The molecule has 0 N–H and O–H groups in total. The van der Waals surface area contributed by atoms with E-state index in [9.17, 15) is 0 Å². The largest absolute Gasteiger partial charge is 0.423 e. The fourth-order valence-electron chi connectivity index (χ4n) is 0.994. The molecule has 1 aromatic carbocycles. The fraction of sp³-hybridized carbons (Fsp3) is 0. The van der Waals surface area contributed by atoms with E-state index in [1.54, 1.807) is 18.5 Å². The third-order valence-electron chi connectivity index (χ3n) is 1.64. The highest BCUT2D eigenvalue weighted by Crippen LogP contribution is 2.30. The summed E-state index contributed by atoms with van der Waals surface area (Å²) in [6.45, 7) is 0. The number of ether oxygens (including phenoxy) is 1. The fourth-order valence-corrected chi connectivity index (χ4v) is 2.12. The van der Waals surface area contributed by atoms with Gasteiger partial charge in [0.1, 0.15) is 5.75 Å². The first-order chi connectivity index (χ1) is 7.25. The van der Waals surface area contributed by atoms with Crippen LogP contribution in [-0.4, -0.2) is 9.97 Å². The van der Waals surface area contributed by atoms with E-state index in [1.807, 2.05) is 18.2 Å². The number of hydrogen-bond acceptors (Lipinski definition) is 3. The third kappa shape index (κ3) is 2.76. The maximum atomic E-state index is 5.47. The van der Waals surface area contributed by atoms with Gasteiger partial charge in [0.15, 0.2) is 0 Å². The van der Waals surface area contributed by atoms with Crippen LogP contribution >= 0.6 is 31.9 Å². The maximum Gasteiger partial charge on any atom is 0.321 e. The van der Waals surface area contributed by atoms with Gasteiger partial charge in [-0.1, -0.05) is 15.9 Å². The highest BCUT2D eigenvalue weighted by atomic mass is 79.9. The number of hydrogen-bond donors (Lipinski definition) is 0. The lowest BCUT2D eigenvalue weighted by Gasteiger charge is -2.05. The smallest absolute Gasteiger partial charge is 0.321 e. The molecule has 0 unspecified atom stereocenters. The van der Waals surface area contributed by atoms with Gasteiger partial charge in [0.05, 0.1) is 4.47 Å². The van der Waals surface area contributed by atoms with E-state index in [4.69, 9.17) is 4.74 Å². The summed E-state index contributed by atoms with van der Waals surface area (Å²) in [5.74, 6) is 0.685. The summed E-state index contributed by atoms with van der Waals surface area (Å²) in [6, 6.07) is 7.70. The highest BCUT2D eigenvalue weighted by molar-refractivity contribution is 9.11. The van der Waals surface area contributed by atoms with Crippen LogP contribution < -0.4 is 4.74 Å². The molecule has 0 amide bonds. The van der Waals surface area contributed by atoms with Crippen molar-refractivity contribution in [1.82, 2.24) is 9.97 Å². The number of rotatable bonds is 2. The Kier molecular flexibility index (Phi) is 3.33. The van der Waals surface area contributed by atoms with Gasteiger partial charge >= 0.3 is 6.01 Å². The van der Waals surface area contributed by atoms with Crippen LogP contribution in [0.4, 0.5) is 0 Å². The van der Waals surface area contributed by atoms with Crippen LogP contribution in [0.15, 0.2) is 45.6 Å². The van der Waals surface area contributed by atoms with Crippen molar-refractivity contribution in [2.75, 3.05) is 0 Å². The van der Waals surface area contributed by atoms with Crippen LogP contribution in [0.2, 0.25) is 0 Å². The molecule has 2 rings (SSSR count). The summed E-state index contributed by atoms with van der Waals surface area (Å²) < 4.78 is 7.31. The quantitative estimate of drug-likeness (QED) is 0.840. The molecule has 3 nitrogen and oxygen atoms in total. The van der Waals surface area contributed by atoms with Gasteiger partial charge in [-0.15, -0.1) is 0 Å². The van der Waals surface area contributed by atoms with Gasteiger partial charge in [0.2, 0.25) is 0 Å². The Morgan fingerprint density at radius 3 is 2.47 bits per heavy atom. The molecule has 15 heavy (non-hydrogen) atoms. The van der Waals surface area contributed by atoms with Crippen LogP contribution in [0.3, 0.4) is 0 Å². The zero-order chi connectivity index (χ0) is 10.7. The second kappa shape index (κ2) is 4.72. The molecule has 0 bridgehead atoms. The monoisotopic (exact) mass is 328 g/mol. The van der Waals surface area contributed by atoms with Crippen molar-refractivity contribution in [3.05, 3.63) is 45.6 Å². The van der Waals surface area contributed by atoms with E-state index in [0.717, 1.165) is 8.95 Å². The molecule has 0 spiro atoms. The lowest BCUT2D eigenvalue weighted by Crippen LogP contribution is -1.90. The van der Waals surface area contributed by atoms with E-state index in [-0.39, 0.29) is 0 Å². The van der Waals surface area contributed by atoms with Crippen molar-refractivity contribution in [3.8, 4) is 11.8 Å². The van der Waals surface area contributed by atoms with Gasteiger partial charge in [-0.3, -0.25) is 0 Å². The summed E-state index contributed by atoms with van der Waals surface area (Å²) in [5.41, 5.74) is 0. The molecule has 0 fully saturated rings. The molecule has 5 heteroatoms. The van der Waals surface area contributed by atoms with Crippen molar-refractivity contribution in [2.24, 2.45) is 0 Å². The summed E-state index contributed by atoms with van der Waals surface area (Å²) in [7, 11) is 0. The van der Waals surface area contributed by atoms with Crippen molar-refractivity contribution in [3.63, 3.8) is 0 Å². The van der Waals surface area contributed by atoms with Crippen LogP contribution in [0.25, 0.3) is 0 Å². The minimum absolute atomic E-state index is 0.334. The average Bonchev–Trinajstić information content (AvgIpc) is 2.24. The van der Waals surface area contributed by atoms with E-state index in [1.165, 1.54) is 0 Å².